The zero-order chi connectivity index (χ0) is 23.3. The van der Waals surface area contributed by atoms with E-state index in [-0.39, 0.29) is 38.3 Å². The zero-order valence-electron chi connectivity index (χ0n) is 19.5. The number of fused-ring (bicyclic) bond motifs is 3. The van der Waals surface area contributed by atoms with E-state index >= 15 is 0 Å². The molecule has 1 aliphatic heterocycles. The van der Waals surface area contributed by atoms with Crippen LogP contribution in [0.1, 0.15) is 37.0 Å². The first-order valence-corrected chi connectivity index (χ1v) is 12.5. The molecule has 0 bridgehead atoms. The van der Waals surface area contributed by atoms with Gasteiger partial charge in [0.05, 0.1) is 6.04 Å². The Kier molecular flexibility index (Phi) is 6.50. The Morgan fingerprint density at radius 1 is 1.00 bits per heavy atom. The summed E-state index contributed by atoms with van der Waals surface area (Å²) in [7, 11) is 0. The van der Waals surface area contributed by atoms with Gasteiger partial charge in [0, 0.05) is 54.0 Å². The monoisotopic (exact) mass is 660 g/mol. The first kappa shape index (κ1) is 24.1. The number of aryl methyl sites for hydroxylation is 1. The fourth-order valence-corrected chi connectivity index (χ4v) is 6.62. The van der Waals surface area contributed by atoms with Crippen LogP contribution in [0.4, 0.5) is 0 Å². The van der Waals surface area contributed by atoms with Crippen LogP contribution in [0, 0.1) is 6.07 Å². The molecule has 4 aromatic rings. The molecular weight excluding hydrogens is 635 g/mol. The van der Waals surface area contributed by atoms with Gasteiger partial charge in [0.25, 0.3) is 0 Å². The van der Waals surface area contributed by atoms with E-state index in [1.54, 1.807) is 12.1 Å². The number of hydrogen-bond donors (Lipinski definition) is 1. The van der Waals surface area contributed by atoms with Gasteiger partial charge >= 0.3 is 0 Å². The van der Waals surface area contributed by atoms with Crippen LogP contribution in [0.15, 0.2) is 77.8 Å². The molecule has 0 saturated carbocycles. The number of benzene rings is 3. The molecule has 1 N–H and O–H groups in total. The number of para-hydroxylation sites is 1. The molecule has 2 aliphatic rings. The number of aromatic nitrogens is 1. The van der Waals surface area contributed by atoms with E-state index in [0.717, 1.165) is 28.8 Å². The third-order valence-electron chi connectivity index (χ3n) is 6.89. The number of rotatable bonds is 3. The molecular formula is C29H25N2O2PtS-. The van der Waals surface area contributed by atoms with Gasteiger partial charge in [-0.25, -0.2) is 4.98 Å². The van der Waals surface area contributed by atoms with Crippen LogP contribution in [-0.2, 0) is 32.9 Å². The first-order valence-electron chi connectivity index (χ1n) is 11.6. The topological polar surface area (TPSA) is 54.7 Å². The van der Waals surface area contributed by atoms with Crippen molar-refractivity contribution in [3.05, 3.63) is 95.6 Å². The van der Waals surface area contributed by atoms with Gasteiger partial charge in [0.15, 0.2) is 0 Å². The SMILES string of the molecule is CC1(C)c2ccccc2CC[C@@H]2N=C(c3[c-]c(Oc4ccc5cccc(O)c5n4)ccc3)S[C@@H]21.[Pt]. The van der Waals surface area contributed by atoms with Gasteiger partial charge in [0.2, 0.25) is 5.88 Å². The average molecular weight is 661 g/mol. The van der Waals surface area contributed by atoms with Crippen LogP contribution < -0.4 is 4.74 Å². The van der Waals surface area contributed by atoms with E-state index in [1.165, 1.54) is 11.1 Å². The van der Waals surface area contributed by atoms with Gasteiger partial charge in [-0.05, 0) is 36.1 Å². The molecule has 0 spiro atoms. The molecule has 0 fully saturated rings. The van der Waals surface area contributed by atoms with E-state index in [2.05, 4.69) is 49.2 Å². The van der Waals surface area contributed by atoms with Crippen molar-refractivity contribution in [3.63, 3.8) is 0 Å². The van der Waals surface area contributed by atoms with E-state index in [0.29, 0.717) is 22.4 Å². The molecule has 2 atom stereocenters. The Morgan fingerprint density at radius 2 is 1.83 bits per heavy atom. The molecule has 0 unspecified atom stereocenters. The van der Waals surface area contributed by atoms with Gasteiger partial charge in [-0.2, -0.15) is 11.8 Å². The number of ether oxygens (including phenoxy) is 1. The molecule has 6 heteroatoms. The number of phenolic OH excluding ortho intramolecular Hbond substituents is 1. The molecule has 1 aromatic heterocycles. The van der Waals surface area contributed by atoms with Crippen molar-refractivity contribution in [1.29, 1.82) is 0 Å². The summed E-state index contributed by atoms with van der Waals surface area (Å²) >= 11 is 1.86. The largest absolute Gasteiger partial charge is 0.506 e. The van der Waals surface area contributed by atoms with Crippen LogP contribution in [-0.4, -0.2) is 26.4 Å². The minimum atomic E-state index is 0. The van der Waals surface area contributed by atoms with Crippen molar-refractivity contribution < 1.29 is 30.9 Å². The summed E-state index contributed by atoms with van der Waals surface area (Å²) in [4.78, 5) is 9.64. The second-order valence-electron chi connectivity index (χ2n) is 9.49. The number of phenols is 1. The Balaban J connectivity index is 0.00000253. The number of nitrogens with zero attached hydrogens (tertiary/aromatic N) is 2. The standard InChI is InChI=1S/C29H25N2O2S.Pt/c1-29(2)22-11-4-3-7-18(22)13-15-23-27(29)34-28(30-23)20-9-5-10-21(17-20)33-25-16-14-19-8-6-12-24(32)26(19)31-25;/h3-12,14,16,23,27,32H,13,15H2,1-2H3;/q-1;/t23-,27-;/m0./s1. The molecule has 35 heavy (non-hydrogen) atoms. The quantitative estimate of drug-likeness (QED) is 0.249. The molecule has 0 saturated heterocycles. The smallest absolute Gasteiger partial charge is 0.217 e. The molecule has 0 radical (unpaired) electrons. The summed E-state index contributed by atoms with van der Waals surface area (Å²) in [6, 6.07) is 27.5. The van der Waals surface area contributed by atoms with Crippen LogP contribution >= 0.6 is 11.8 Å². The number of hydrogen-bond acceptors (Lipinski definition) is 5. The number of aromatic hydroxyl groups is 1. The van der Waals surface area contributed by atoms with Crippen molar-refractivity contribution in [2.45, 2.75) is 43.4 Å². The number of pyridine rings is 1. The Bertz CT molecular complexity index is 1440. The predicted molar refractivity (Wildman–Crippen MR) is 138 cm³/mol. The van der Waals surface area contributed by atoms with Crippen molar-refractivity contribution in [2.24, 2.45) is 4.99 Å². The normalized spacial score (nSPS) is 20.2. The van der Waals surface area contributed by atoms with E-state index in [4.69, 9.17) is 9.73 Å². The summed E-state index contributed by atoms with van der Waals surface area (Å²) in [5, 5.41) is 12.4. The summed E-state index contributed by atoms with van der Waals surface area (Å²) in [6.07, 6.45) is 2.12. The average Bonchev–Trinajstić information content (AvgIpc) is 3.25. The van der Waals surface area contributed by atoms with Crippen molar-refractivity contribution >= 4 is 27.7 Å². The van der Waals surface area contributed by atoms with Gasteiger partial charge in [-0.1, -0.05) is 56.3 Å². The van der Waals surface area contributed by atoms with Crippen LogP contribution in [0.2, 0.25) is 0 Å². The minimum absolute atomic E-state index is 0. The van der Waals surface area contributed by atoms with Crippen LogP contribution in [0.25, 0.3) is 10.9 Å². The summed E-state index contributed by atoms with van der Waals surface area (Å²) in [5.74, 6) is 1.14. The summed E-state index contributed by atoms with van der Waals surface area (Å²) in [6.45, 7) is 4.70. The number of thioether (sulfide) groups is 1. The molecule has 4 nitrogen and oxygen atoms in total. The van der Waals surface area contributed by atoms with Crippen LogP contribution in [0.3, 0.4) is 0 Å². The van der Waals surface area contributed by atoms with Crippen LogP contribution in [0.5, 0.6) is 17.4 Å². The minimum Gasteiger partial charge on any atom is -0.506 e. The van der Waals surface area contributed by atoms with Crippen molar-refractivity contribution in [1.82, 2.24) is 4.98 Å². The molecule has 1 aliphatic carbocycles. The fraction of sp³-hybridized carbons (Fsp3) is 0.241. The molecule has 180 valence electrons. The summed E-state index contributed by atoms with van der Waals surface area (Å²) < 4.78 is 6.03. The maximum atomic E-state index is 10.1. The Morgan fingerprint density at radius 3 is 2.71 bits per heavy atom. The van der Waals surface area contributed by atoms with Gasteiger partial charge in [0.1, 0.15) is 11.3 Å². The molecule has 2 heterocycles. The Hall–Kier alpha value is -2.62. The van der Waals surface area contributed by atoms with Gasteiger partial charge in [-0.3, -0.25) is 0 Å². The van der Waals surface area contributed by atoms with E-state index in [1.807, 2.05) is 48.2 Å². The Labute approximate surface area is 224 Å². The summed E-state index contributed by atoms with van der Waals surface area (Å²) in [5.41, 5.74) is 4.39. The zero-order valence-corrected chi connectivity index (χ0v) is 22.6. The number of aliphatic imine (C=N–C) groups is 1. The predicted octanol–water partition coefficient (Wildman–Crippen LogP) is 6.68. The third kappa shape index (κ3) is 4.41. The fourth-order valence-electron chi connectivity index (χ4n) is 5.16. The molecule has 6 rings (SSSR count). The van der Waals surface area contributed by atoms with E-state index in [9.17, 15) is 5.11 Å². The van der Waals surface area contributed by atoms with Gasteiger partial charge < -0.3 is 14.8 Å². The second kappa shape index (κ2) is 9.44. The molecule has 3 aromatic carbocycles. The molecule has 0 amide bonds. The first-order chi connectivity index (χ1) is 16.5. The van der Waals surface area contributed by atoms with Crippen molar-refractivity contribution in [3.8, 4) is 17.4 Å². The van der Waals surface area contributed by atoms with Gasteiger partial charge in [-0.15, -0.1) is 23.8 Å². The van der Waals surface area contributed by atoms with E-state index < -0.39 is 0 Å². The third-order valence-corrected chi connectivity index (χ3v) is 8.60. The second-order valence-corrected chi connectivity index (χ2v) is 10.6. The maximum Gasteiger partial charge on any atom is 0.217 e. The van der Waals surface area contributed by atoms with Crippen molar-refractivity contribution in [2.75, 3.05) is 0 Å². The maximum absolute atomic E-state index is 10.1.